The minimum Gasteiger partial charge on any atom is -0.344 e. The molecule has 0 bridgehead atoms. The zero-order valence-corrected chi connectivity index (χ0v) is 19.9. The fourth-order valence-electron chi connectivity index (χ4n) is 4.19. The zero-order chi connectivity index (χ0) is 25.8. The average molecular weight is 493 g/mol. The lowest BCUT2D eigenvalue weighted by atomic mass is 9.94. The molecule has 2 N–H and O–H groups in total. The van der Waals surface area contributed by atoms with Gasteiger partial charge in [0.15, 0.2) is 0 Å². The Morgan fingerprint density at radius 3 is 2.44 bits per heavy atom. The van der Waals surface area contributed by atoms with Crippen molar-refractivity contribution in [3.05, 3.63) is 94.7 Å². The molecule has 2 aromatic rings. The third-order valence-electron chi connectivity index (χ3n) is 5.95. The van der Waals surface area contributed by atoms with Crippen molar-refractivity contribution >= 4 is 23.4 Å². The van der Waals surface area contributed by atoms with Crippen molar-refractivity contribution in [3.8, 4) is 0 Å². The van der Waals surface area contributed by atoms with Gasteiger partial charge in [0, 0.05) is 29.9 Å². The van der Waals surface area contributed by atoms with Gasteiger partial charge in [0.25, 0.3) is 5.91 Å². The third-order valence-corrected chi connectivity index (χ3v) is 5.95. The van der Waals surface area contributed by atoms with E-state index in [4.69, 9.17) is 0 Å². The lowest BCUT2D eigenvalue weighted by Crippen LogP contribution is -2.52. The second-order valence-electron chi connectivity index (χ2n) is 8.68. The van der Waals surface area contributed by atoms with Crippen LogP contribution in [0, 0.1) is 11.6 Å². The molecule has 0 radical (unpaired) electrons. The molecule has 2 aliphatic rings. The summed E-state index contributed by atoms with van der Waals surface area (Å²) < 4.78 is 26.8. The van der Waals surface area contributed by atoms with Crippen LogP contribution in [0.4, 0.5) is 8.78 Å². The van der Waals surface area contributed by atoms with E-state index in [1.54, 1.807) is 7.05 Å². The number of nitrogens with zero attached hydrogens (tertiary/aromatic N) is 2. The van der Waals surface area contributed by atoms with Gasteiger partial charge in [-0.1, -0.05) is 42.5 Å². The van der Waals surface area contributed by atoms with Gasteiger partial charge in [-0.15, -0.1) is 0 Å². The Morgan fingerprint density at radius 1 is 1.08 bits per heavy atom. The van der Waals surface area contributed by atoms with E-state index in [2.05, 4.69) is 15.6 Å². The highest BCUT2D eigenvalue weighted by molar-refractivity contribution is 6.17. The highest BCUT2D eigenvalue weighted by Crippen LogP contribution is 2.29. The van der Waals surface area contributed by atoms with E-state index in [0.717, 1.165) is 41.8 Å². The van der Waals surface area contributed by atoms with E-state index in [0.29, 0.717) is 11.8 Å². The molecule has 9 heteroatoms. The summed E-state index contributed by atoms with van der Waals surface area (Å²) in [4.78, 5) is 44.6. The Balaban J connectivity index is 1.52. The molecule has 0 unspecified atom stereocenters. The van der Waals surface area contributed by atoms with E-state index in [1.165, 1.54) is 11.8 Å². The molecule has 1 heterocycles. The van der Waals surface area contributed by atoms with Gasteiger partial charge in [0.05, 0.1) is 12.1 Å². The number of benzene rings is 2. The van der Waals surface area contributed by atoms with Gasteiger partial charge >= 0.3 is 0 Å². The number of amides is 3. The molecule has 0 saturated heterocycles. The fourth-order valence-corrected chi connectivity index (χ4v) is 4.19. The molecule has 4 rings (SSSR count). The summed E-state index contributed by atoms with van der Waals surface area (Å²) in [6.07, 6.45) is 4.09. The third kappa shape index (κ3) is 5.56. The number of carbonyl (C=O) groups excluding carboxylic acids is 3. The normalized spacial score (nSPS) is 18.2. The smallest absolute Gasteiger partial charge is 0.272 e. The summed E-state index contributed by atoms with van der Waals surface area (Å²) in [6.45, 7) is 1.46. The van der Waals surface area contributed by atoms with Gasteiger partial charge in [-0.3, -0.25) is 14.4 Å². The molecule has 1 aliphatic carbocycles. The first-order valence-electron chi connectivity index (χ1n) is 11.6. The molecular weight excluding hydrogens is 466 g/mol. The van der Waals surface area contributed by atoms with Gasteiger partial charge in [-0.2, -0.15) is 0 Å². The summed E-state index contributed by atoms with van der Waals surface area (Å²) in [7, 11) is 1.64. The van der Waals surface area contributed by atoms with Gasteiger partial charge < -0.3 is 15.5 Å². The maximum Gasteiger partial charge on any atom is 0.272 e. The number of aliphatic imine (C=N–C) groups is 1. The molecule has 7 nitrogen and oxygen atoms in total. The summed E-state index contributed by atoms with van der Waals surface area (Å²) in [6, 6.07) is 11.2. The number of hydrogen-bond acceptors (Lipinski definition) is 4. The largest absolute Gasteiger partial charge is 0.344 e. The second-order valence-corrected chi connectivity index (χ2v) is 8.68. The van der Waals surface area contributed by atoms with Crippen LogP contribution in [0.5, 0.6) is 0 Å². The van der Waals surface area contributed by atoms with Gasteiger partial charge in [0.2, 0.25) is 18.0 Å². The standard InChI is InChI=1S/C27H26F2N4O3/c1-16(30-23(34)14-17-12-19(28)15-20(29)13-17)26(35)32-25-27(36)33(2)22-11-7-6-10-21(22)24(31-25)18-8-4-3-5-9-18/h3-5,8-13,15-16,25H,6-7,14H2,1-2H3,(H,30,34)(H,32,35)/t16-,25+/m0/s1. The molecule has 2 aromatic carbocycles. The maximum atomic E-state index is 13.4. The van der Waals surface area contributed by atoms with Crippen molar-refractivity contribution in [1.29, 1.82) is 0 Å². The molecule has 186 valence electrons. The number of rotatable bonds is 6. The number of nitrogens with one attached hydrogen (secondary N) is 2. The number of carbonyl (C=O) groups is 3. The van der Waals surface area contributed by atoms with E-state index >= 15 is 0 Å². The van der Waals surface area contributed by atoms with E-state index < -0.39 is 41.6 Å². The molecule has 3 amide bonds. The molecule has 0 aromatic heterocycles. The molecule has 0 fully saturated rings. The van der Waals surface area contributed by atoms with Crippen molar-refractivity contribution in [2.24, 2.45) is 4.99 Å². The SMILES string of the molecule is C[C@H](NC(=O)Cc1cc(F)cc(F)c1)C(=O)N[C@H]1N=C(c2ccccc2)C2=CCCC=C2N(C)C1=O. The Labute approximate surface area is 207 Å². The molecule has 0 saturated carbocycles. The molecular formula is C27H26F2N4O3. The highest BCUT2D eigenvalue weighted by Gasteiger charge is 2.34. The predicted molar refractivity (Wildman–Crippen MR) is 131 cm³/mol. The van der Waals surface area contributed by atoms with Crippen LogP contribution < -0.4 is 10.6 Å². The van der Waals surface area contributed by atoms with Crippen molar-refractivity contribution in [2.75, 3.05) is 7.05 Å². The summed E-state index contributed by atoms with van der Waals surface area (Å²) >= 11 is 0. The van der Waals surface area contributed by atoms with E-state index in [1.807, 2.05) is 42.5 Å². The minimum absolute atomic E-state index is 0.138. The van der Waals surface area contributed by atoms with Crippen LogP contribution >= 0.6 is 0 Å². The number of hydrogen-bond donors (Lipinski definition) is 2. The van der Waals surface area contributed by atoms with Crippen LogP contribution in [0.3, 0.4) is 0 Å². The zero-order valence-electron chi connectivity index (χ0n) is 19.9. The quantitative estimate of drug-likeness (QED) is 0.650. The number of likely N-dealkylation sites (N-methyl/N-ethyl adjacent to an activating group) is 1. The fraction of sp³-hybridized carbons (Fsp3) is 0.259. The van der Waals surface area contributed by atoms with Gasteiger partial charge in [0.1, 0.15) is 17.7 Å². The Kier molecular flexibility index (Phi) is 7.38. The van der Waals surface area contributed by atoms with Crippen LogP contribution in [0.1, 0.15) is 30.9 Å². The summed E-state index contributed by atoms with van der Waals surface area (Å²) in [5, 5.41) is 5.13. The first-order valence-corrected chi connectivity index (χ1v) is 11.6. The molecule has 0 spiro atoms. The Bertz CT molecular complexity index is 1270. The van der Waals surface area contributed by atoms with Crippen molar-refractivity contribution < 1.29 is 23.2 Å². The van der Waals surface area contributed by atoms with Crippen LogP contribution in [0.25, 0.3) is 0 Å². The predicted octanol–water partition coefficient (Wildman–Crippen LogP) is 3.02. The van der Waals surface area contributed by atoms with Crippen LogP contribution in [0.2, 0.25) is 0 Å². The Hall–Kier alpha value is -4.14. The first kappa shape index (κ1) is 25.0. The maximum absolute atomic E-state index is 13.4. The van der Waals surface area contributed by atoms with Crippen molar-refractivity contribution in [2.45, 2.75) is 38.4 Å². The van der Waals surface area contributed by atoms with E-state index in [9.17, 15) is 23.2 Å². The second kappa shape index (κ2) is 10.6. The van der Waals surface area contributed by atoms with Crippen molar-refractivity contribution in [3.63, 3.8) is 0 Å². The van der Waals surface area contributed by atoms with Gasteiger partial charge in [-0.25, -0.2) is 13.8 Å². The minimum atomic E-state index is -1.21. The topological polar surface area (TPSA) is 90.9 Å². The van der Waals surface area contributed by atoms with Crippen LogP contribution in [-0.4, -0.2) is 47.6 Å². The average Bonchev–Trinajstić information content (AvgIpc) is 2.94. The Morgan fingerprint density at radius 2 is 1.75 bits per heavy atom. The van der Waals surface area contributed by atoms with E-state index in [-0.39, 0.29) is 12.0 Å². The number of allylic oxidation sites excluding steroid dienone is 3. The van der Waals surface area contributed by atoms with Crippen LogP contribution in [0.15, 0.2) is 76.9 Å². The molecule has 36 heavy (non-hydrogen) atoms. The first-order chi connectivity index (χ1) is 17.2. The van der Waals surface area contributed by atoms with Gasteiger partial charge in [-0.05, 0) is 37.5 Å². The number of fused-ring (bicyclic) bond motifs is 1. The monoisotopic (exact) mass is 492 g/mol. The summed E-state index contributed by atoms with van der Waals surface area (Å²) in [5.74, 6) is -3.22. The molecule has 2 atom stereocenters. The summed E-state index contributed by atoms with van der Waals surface area (Å²) in [5.41, 5.74) is 3.09. The van der Waals surface area contributed by atoms with Crippen LogP contribution in [-0.2, 0) is 20.8 Å². The highest BCUT2D eigenvalue weighted by atomic mass is 19.1. The lowest BCUT2D eigenvalue weighted by molar-refractivity contribution is -0.134. The van der Waals surface area contributed by atoms with Crippen molar-refractivity contribution in [1.82, 2.24) is 15.5 Å². The molecule has 1 aliphatic heterocycles. The number of halogens is 2. The lowest BCUT2D eigenvalue weighted by Gasteiger charge is -2.24.